The van der Waals surface area contributed by atoms with Crippen molar-refractivity contribution in [3.05, 3.63) is 29.8 Å². The highest BCUT2D eigenvalue weighted by atomic mass is 16.5. The first-order valence-corrected chi connectivity index (χ1v) is 6.14. The summed E-state index contributed by atoms with van der Waals surface area (Å²) in [4.78, 5) is 24.4. The maximum Gasteiger partial charge on any atom is 0.307 e. The molecule has 0 aliphatic heterocycles. The van der Waals surface area contributed by atoms with Crippen molar-refractivity contribution in [1.29, 1.82) is 0 Å². The molecule has 1 amide bonds. The third-order valence-corrected chi connectivity index (χ3v) is 3.40. The lowest BCUT2D eigenvalue weighted by atomic mass is 10.2. The Bertz CT molecular complexity index is 500. The van der Waals surface area contributed by atoms with Crippen molar-refractivity contribution in [2.45, 2.75) is 13.0 Å². The standard InChI is InChI=1S/C14H17NO4/c1-15(13(16)10-7-11(10)14(17)18)8-9-5-3-4-6-12(9)19-2/h3-6,10-11H,7-8H2,1-2H3,(H,17,18)/t10-,11-/m0/s1. The first-order chi connectivity index (χ1) is 9.04. The average molecular weight is 263 g/mol. The van der Waals surface area contributed by atoms with Gasteiger partial charge in [0, 0.05) is 19.2 Å². The van der Waals surface area contributed by atoms with Gasteiger partial charge in [0.1, 0.15) is 5.75 Å². The van der Waals surface area contributed by atoms with Crippen molar-refractivity contribution in [3.8, 4) is 5.75 Å². The third kappa shape index (κ3) is 2.86. The minimum atomic E-state index is -0.885. The van der Waals surface area contributed by atoms with Crippen molar-refractivity contribution in [3.63, 3.8) is 0 Å². The molecule has 0 unspecified atom stereocenters. The molecule has 0 spiro atoms. The highest BCUT2D eigenvalue weighted by Gasteiger charge is 2.49. The summed E-state index contributed by atoms with van der Waals surface area (Å²) in [5.41, 5.74) is 0.911. The Morgan fingerprint density at radius 1 is 1.37 bits per heavy atom. The van der Waals surface area contributed by atoms with Crippen LogP contribution in [0.3, 0.4) is 0 Å². The molecular weight excluding hydrogens is 246 g/mol. The normalized spacial score (nSPS) is 20.7. The number of rotatable bonds is 5. The molecule has 2 atom stereocenters. The van der Waals surface area contributed by atoms with E-state index in [1.54, 1.807) is 19.1 Å². The van der Waals surface area contributed by atoms with Crippen LogP contribution in [0.25, 0.3) is 0 Å². The monoisotopic (exact) mass is 263 g/mol. The lowest BCUT2D eigenvalue weighted by Gasteiger charge is -2.18. The number of hydrogen-bond acceptors (Lipinski definition) is 3. The fourth-order valence-electron chi connectivity index (χ4n) is 2.19. The molecule has 0 saturated heterocycles. The summed E-state index contributed by atoms with van der Waals surface area (Å²) in [5.74, 6) is -1.14. The molecule has 19 heavy (non-hydrogen) atoms. The molecular formula is C14H17NO4. The summed E-state index contributed by atoms with van der Waals surface area (Å²) in [7, 11) is 3.27. The Balaban J connectivity index is 1.99. The summed E-state index contributed by atoms with van der Waals surface area (Å²) in [6, 6.07) is 7.48. The molecule has 1 aromatic rings. The van der Waals surface area contributed by atoms with Crippen LogP contribution < -0.4 is 4.74 Å². The van der Waals surface area contributed by atoms with Crippen LogP contribution >= 0.6 is 0 Å². The Morgan fingerprint density at radius 3 is 2.63 bits per heavy atom. The second-order valence-electron chi connectivity index (χ2n) is 4.79. The lowest BCUT2D eigenvalue weighted by molar-refractivity contribution is -0.141. The molecule has 5 nitrogen and oxygen atoms in total. The van der Waals surface area contributed by atoms with E-state index < -0.39 is 11.9 Å². The van der Waals surface area contributed by atoms with Gasteiger partial charge in [-0.2, -0.15) is 0 Å². The van der Waals surface area contributed by atoms with Crippen LogP contribution in [0.2, 0.25) is 0 Å². The summed E-state index contributed by atoms with van der Waals surface area (Å²) in [6.45, 7) is 0.422. The molecule has 0 bridgehead atoms. The fourth-order valence-corrected chi connectivity index (χ4v) is 2.19. The van der Waals surface area contributed by atoms with E-state index in [2.05, 4.69) is 0 Å². The van der Waals surface area contributed by atoms with Gasteiger partial charge in [-0.1, -0.05) is 18.2 Å². The number of carbonyl (C=O) groups excluding carboxylic acids is 1. The predicted molar refractivity (Wildman–Crippen MR) is 68.7 cm³/mol. The van der Waals surface area contributed by atoms with Crippen molar-refractivity contribution >= 4 is 11.9 Å². The molecule has 0 radical (unpaired) electrons. The topological polar surface area (TPSA) is 66.8 Å². The number of amides is 1. The minimum absolute atomic E-state index is 0.113. The van der Waals surface area contributed by atoms with Gasteiger partial charge in [0.15, 0.2) is 0 Å². The number of aliphatic carboxylic acids is 1. The maximum absolute atomic E-state index is 12.0. The minimum Gasteiger partial charge on any atom is -0.496 e. The molecule has 2 rings (SSSR count). The van der Waals surface area contributed by atoms with E-state index in [9.17, 15) is 9.59 Å². The molecule has 1 aliphatic carbocycles. The SMILES string of the molecule is COc1ccccc1CN(C)C(=O)[C@H]1C[C@@H]1C(=O)O. The van der Waals surface area contributed by atoms with E-state index in [1.807, 2.05) is 24.3 Å². The highest BCUT2D eigenvalue weighted by Crippen LogP contribution is 2.40. The number of carboxylic acids is 1. The second kappa shape index (κ2) is 5.30. The smallest absolute Gasteiger partial charge is 0.307 e. The van der Waals surface area contributed by atoms with E-state index in [0.717, 1.165) is 11.3 Å². The Morgan fingerprint density at radius 2 is 2.05 bits per heavy atom. The van der Waals surface area contributed by atoms with Crippen LogP contribution in [-0.4, -0.2) is 36.0 Å². The van der Waals surface area contributed by atoms with Crippen molar-refractivity contribution in [2.75, 3.05) is 14.2 Å². The zero-order valence-electron chi connectivity index (χ0n) is 11.0. The lowest BCUT2D eigenvalue weighted by Crippen LogP contribution is -2.29. The number of para-hydroxylation sites is 1. The van der Waals surface area contributed by atoms with E-state index in [-0.39, 0.29) is 11.8 Å². The second-order valence-corrected chi connectivity index (χ2v) is 4.79. The predicted octanol–water partition coefficient (Wildman–Crippen LogP) is 1.37. The van der Waals surface area contributed by atoms with E-state index in [1.165, 1.54) is 0 Å². The van der Waals surface area contributed by atoms with Gasteiger partial charge in [-0.3, -0.25) is 9.59 Å². The van der Waals surface area contributed by atoms with Crippen molar-refractivity contribution in [1.82, 2.24) is 4.90 Å². The van der Waals surface area contributed by atoms with Gasteiger partial charge >= 0.3 is 5.97 Å². The summed E-state index contributed by atoms with van der Waals surface area (Å²) >= 11 is 0. The quantitative estimate of drug-likeness (QED) is 0.871. The zero-order valence-corrected chi connectivity index (χ0v) is 11.0. The van der Waals surface area contributed by atoms with Crippen LogP contribution in [-0.2, 0) is 16.1 Å². The highest BCUT2D eigenvalue weighted by molar-refractivity contribution is 5.89. The average Bonchev–Trinajstić information content (AvgIpc) is 3.18. The van der Waals surface area contributed by atoms with Crippen LogP contribution in [0, 0.1) is 11.8 Å². The molecule has 1 aromatic carbocycles. The molecule has 0 aromatic heterocycles. The molecule has 1 fully saturated rings. The molecule has 102 valence electrons. The first kappa shape index (κ1) is 13.4. The van der Waals surface area contributed by atoms with E-state index >= 15 is 0 Å². The number of carbonyl (C=O) groups is 2. The van der Waals surface area contributed by atoms with Gasteiger partial charge < -0.3 is 14.7 Å². The Kier molecular flexibility index (Phi) is 3.74. The first-order valence-electron chi connectivity index (χ1n) is 6.14. The summed E-state index contributed by atoms with van der Waals surface area (Å²) in [6.07, 6.45) is 0.449. The van der Waals surface area contributed by atoms with E-state index in [4.69, 9.17) is 9.84 Å². The molecule has 1 N–H and O–H groups in total. The van der Waals surface area contributed by atoms with E-state index in [0.29, 0.717) is 13.0 Å². The molecule has 1 saturated carbocycles. The number of methoxy groups -OCH3 is 1. The number of nitrogens with zero attached hydrogens (tertiary/aromatic N) is 1. The largest absolute Gasteiger partial charge is 0.496 e. The van der Waals surface area contributed by atoms with Gasteiger partial charge in [-0.25, -0.2) is 0 Å². The molecule has 0 heterocycles. The van der Waals surface area contributed by atoms with Crippen LogP contribution in [0.5, 0.6) is 5.75 Å². The molecule has 5 heteroatoms. The van der Waals surface area contributed by atoms with Crippen LogP contribution in [0.4, 0.5) is 0 Å². The Hall–Kier alpha value is -2.04. The fraction of sp³-hybridized carbons (Fsp3) is 0.429. The van der Waals surface area contributed by atoms with Gasteiger partial charge in [0.25, 0.3) is 0 Å². The van der Waals surface area contributed by atoms with Gasteiger partial charge in [-0.05, 0) is 12.5 Å². The zero-order chi connectivity index (χ0) is 14.0. The Labute approximate surface area is 111 Å². The maximum atomic E-state index is 12.0. The number of ether oxygens (including phenoxy) is 1. The summed E-state index contributed by atoms with van der Waals surface area (Å²) < 4.78 is 5.23. The van der Waals surface area contributed by atoms with Gasteiger partial charge in [-0.15, -0.1) is 0 Å². The molecule has 1 aliphatic rings. The third-order valence-electron chi connectivity index (χ3n) is 3.40. The number of benzene rings is 1. The van der Waals surface area contributed by atoms with Crippen molar-refractivity contribution in [2.24, 2.45) is 11.8 Å². The summed E-state index contributed by atoms with van der Waals surface area (Å²) in [5, 5.41) is 8.84. The van der Waals surface area contributed by atoms with Crippen LogP contribution in [0.15, 0.2) is 24.3 Å². The van der Waals surface area contributed by atoms with Gasteiger partial charge in [0.2, 0.25) is 5.91 Å². The van der Waals surface area contributed by atoms with Crippen LogP contribution in [0.1, 0.15) is 12.0 Å². The van der Waals surface area contributed by atoms with Gasteiger partial charge in [0.05, 0.1) is 18.9 Å². The number of carboxylic acid groups (broad SMARTS) is 1. The van der Waals surface area contributed by atoms with Crippen molar-refractivity contribution < 1.29 is 19.4 Å². The number of hydrogen-bond donors (Lipinski definition) is 1.